The molecule has 1 heterocycles. The zero-order valence-electron chi connectivity index (χ0n) is 6.17. The molecule has 0 radical (unpaired) electrons. The maximum atomic E-state index is 9.27. The summed E-state index contributed by atoms with van der Waals surface area (Å²) >= 11 is 1.96. The van der Waals surface area contributed by atoms with Crippen LogP contribution in [0.4, 0.5) is 0 Å². The highest BCUT2D eigenvalue weighted by molar-refractivity contribution is 14.1. The van der Waals surface area contributed by atoms with Crippen LogP contribution in [0.2, 0.25) is 0 Å². The molecule has 4 N–H and O–H groups in total. The second-order valence-electron chi connectivity index (χ2n) is 2.69. The highest BCUT2D eigenvalue weighted by Gasteiger charge is 2.42. The fraction of sp³-hybridized carbons (Fsp3) is 1.00. The van der Waals surface area contributed by atoms with Crippen molar-refractivity contribution < 1.29 is 25.2 Å². The summed E-state index contributed by atoms with van der Waals surface area (Å²) in [7, 11) is 0. The fourth-order valence-corrected chi connectivity index (χ4v) is 1.79. The van der Waals surface area contributed by atoms with Crippen molar-refractivity contribution in [1.82, 2.24) is 0 Å². The van der Waals surface area contributed by atoms with Crippen LogP contribution in [0, 0.1) is 0 Å². The summed E-state index contributed by atoms with van der Waals surface area (Å²) in [6.45, 7) is 0. The van der Waals surface area contributed by atoms with E-state index in [1.54, 1.807) is 0 Å². The Morgan fingerprint density at radius 2 is 1.58 bits per heavy atom. The number of aliphatic hydroxyl groups excluding tert-OH is 4. The van der Waals surface area contributed by atoms with E-state index in [4.69, 9.17) is 14.9 Å². The molecule has 72 valence electrons. The Kier molecular flexibility index (Phi) is 3.68. The molecule has 1 aliphatic heterocycles. The van der Waals surface area contributed by atoms with Gasteiger partial charge in [0.05, 0.1) is 6.10 Å². The number of aliphatic hydroxyl groups is 4. The standard InChI is InChI=1S/C6H11IO5/c7-1-2-3(8)4(9)5(10)6(11)12-2/h2-6,8-11H,1H2/t2-,3+,4-,5-,6?/m0/s1. The number of hydrogen-bond donors (Lipinski definition) is 4. The molecule has 1 rings (SSSR count). The number of halogens is 1. The Bertz CT molecular complexity index is 150. The lowest BCUT2D eigenvalue weighted by Gasteiger charge is -2.37. The van der Waals surface area contributed by atoms with Crippen molar-refractivity contribution >= 4 is 22.6 Å². The Hall–Kier alpha value is 0.530. The first-order chi connectivity index (χ1) is 5.57. The number of rotatable bonds is 1. The van der Waals surface area contributed by atoms with Crippen molar-refractivity contribution in [3.05, 3.63) is 0 Å². The molecule has 1 unspecified atom stereocenters. The van der Waals surface area contributed by atoms with E-state index in [2.05, 4.69) is 0 Å². The lowest BCUT2D eigenvalue weighted by Crippen LogP contribution is -2.57. The summed E-state index contributed by atoms with van der Waals surface area (Å²) in [5, 5.41) is 36.5. The monoisotopic (exact) mass is 290 g/mol. The van der Waals surface area contributed by atoms with Gasteiger partial charge in [0.1, 0.15) is 18.3 Å². The quantitative estimate of drug-likeness (QED) is 0.339. The van der Waals surface area contributed by atoms with Gasteiger partial charge < -0.3 is 25.2 Å². The van der Waals surface area contributed by atoms with E-state index in [1.807, 2.05) is 22.6 Å². The molecule has 0 amide bonds. The van der Waals surface area contributed by atoms with E-state index in [-0.39, 0.29) is 0 Å². The van der Waals surface area contributed by atoms with Gasteiger partial charge in [0.15, 0.2) is 6.29 Å². The number of alkyl halides is 1. The largest absolute Gasteiger partial charge is 0.388 e. The summed E-state index contributed by atoms with van der Waals surface area (Å²) in [4.78, 5) is 0. The molecule has 6 heteroatoms. The Morgan fingerprint density at radius 1 is 1.00 bits per heavy atom. The Balaban J connectivity index is 2.63. The summed E-state index contributed by atoms with van der Waals surface area (Å²) in [5.41, 5.74) is 0. The molecule has 0 aliphatic carbocycles. The van der Waals surface area contributed by atoms with Crippen LogP contribution in [0.15, 0.2) is 0 Å². The maximum absolute atomic E-state index is 9.27. The second kappa shape index (κ2) is 4.16. The predicted molar refractivity (Wildman–Crippen MR) is 47.8 cm³/mol. The molecule has 0 aromatic carbocycles. The van der Waals surface area contributed by atoms with E-state index in [1.165, 1.54) is 0 Å². The highest BCUT2D eigenvalue weighted by Crippen LogP contribution is 2.20. The van der Waals surface area contributed by atoms with Crippen molar-refractivity contribution in [1.29, 1.82) is 0 Å². The summed E-state index contributed by atoms with van der Waals surface area (Å²) in [6.07, 6.45) is -5.95. The van der Waals surface area contributed by atoms with Crippen molar-refractivity contribution in [2.24, 2.45) is 0 Å². The van der Waals surface area contributed by atoms with Gasteiger partial charge in [-0.25, -0.2) is 0 Å². The van der Waals surface area contributed by atoms with Crippen molar-refractivity contribution in [2.75, 3.05) is 4.43 Å². The minimum absolute atomic E-state index is 0.444. The molecule has 1 saturated heterocycles. The average Bonchev–Trinajstić information content (AvgIpc) is 2.08. The van der Waals surface area contributed by atoms with Gasteiger partial charge in [-0.15, -0.1) is 0 Å². The van der Waals surface area contributed by atoms with Gasteiger partial charge in [-0.1, -0.05) is 22.6 Å². The third-order valence-electron chi connectivity index (χ3n) is 1.84. The SMILES string of the molecule is OC1O[C@@H](CI)[C@@H](O)[C@H](O)[C@@H]1O. The molecule has 1 aliphatic rings. The van der Waals surface area contributed by atoms with Gasteiger partial charge in [0.2, 0.25) is 0 Å². The van der Waals surface area contributed by atoms with Gasteiger partial charge in [0.25, 0.3) is 0 Å². The third kappa shape index (κ3) is 1.88. The predicted octanol–water partition coefficient (Wildman–Crippen LogP) is -1.78. The van der Waals surface area contributed by atoms with Crippen molar-refractivity contribution in [2.45, 2.75) is 30.7 Å². The molecule has 0 aromatic rings. The molecule has 0 saturated carbocycles. The van der Waals surface area contributed by atoms with Crippen LogP contribution in [0.3, 0.4) is 0 Å². The molecule has 0 spiro atoms. The smallest absolute Gasteiger partial charge is 0.183 e. The van der Waals surface area contributed by atoms with E-state index in [9.17, 15) is 10.2 Å². The van der Waals surface area contributed by atoms with Crippen molar-refractivity contribution in [3.8, 4) is 0 Å². The maximum Gasteiger partial charge on any atom is 0.183 e. The molecule has 0 bridgehead atoms. The van der Waals surface area contributed by atoms with E-state index < -0.39 is 30.7 Å². The molecular weight excluding hydrogens is 279 g/mol. The second-order valence-corrected chi connectivity index (χ2v) is 3.57. The lowest BCUT2D eigenvalue weighted by atomic mass is 10.0. The van der Waals surface area contributed by atoms with Gasteiger partial charge in [-0.3, -0.25) is 0 Å². The van der Waals surface area contributed by atoms with Crippen LogP contribution >= 0.6 is 22.6 Å². The van der Waals surface area contributed by atoms with Gasteiger partial charge >= 0.3 is 0 Å². The Labute approximate surface area is 83.1 Å². The molecule has 1 fully saturated rings. The van der Waals surface area contributed by atoms with Crippen LogP contribution in [-0.4, -0.2) is 55.6 Å². The number of ether oxygens (including phenoxy) is 1. The van der Waals surface area contributed by atoms with E-state index in [0.717, 1.165) is 0 Å². The minimum Gasteiger partial charge on any atom is -0.388 e. The zero-order valence-corrected chi connectivity index (χ0v) is 8.33. The normalized spacial score (nSPS) is 49.2. The molecule has 0 aromatic heterocycles. The zero-order chi connectivity index (χ0) is 9.30. The van der Waals surface area contributed by atoms with Crippen LogP contribution in [0.5, 0.6) is 0 Å². The molecule has 5 atom stereocenters. The first-order valence-electron chi connectivity index (χ1n) is 3.51. The number of hydrogen-bond acceptors (Lipinski definition) is 5. The minimum atomic E-state index is -1.43. The van der Waals surface area contributed by atoms with Gasteiger partial charge in [0, 0.05) is 4.43 Å². The first kappa shape index (κ1) is 10.6. The molecule has 12 heavy (non-hydrogen) atoms. The average molecular weight is 290 g/mol. The van der Waals surface area contributed by atoms with Crippen LogP contribution in [0.25, 0.3) is 0 Å². The van der Waals surface area contributed by atoms with Crippen molar-refractivity contribution in [3.63, 3.8) is 0 Å². The van der Waals surface area contributed by atoms with E-state index >= 15 is 0 Å². The summed E-state index contributed by atoms with van der Waals surface area (Å²) in [6, 6.07) is 0. The Morgan fingerprint density at radius 3 is 2.08 bits per heavy atom. The summed E-state index contributed by atoms with van der Waals surface area (Å²) < 4.78 is 5.26. The lowest BCUT2D eigenvalue weighted by molar-refractivity contribution is -0.275. The van der Waals surface area contributed by atoms with Crippen LogP contribution in [0.1, 0.15) is 0 Å². The fourth-order valence-electron chi connectivity index (χ4n) is 1.06. The van der Waals surface area contributed by atoms with E-state index in [0.29, 0.717) is 4.43 Å². The van der Waals surface area contributed by atoms with Crippen LogP contribution in [-0.2, 0) is 4.74 Å². The highest BCUT2D eigenvalue weighted by atomic mass is 127. The van der Waals surface area contributed by atoms with Gasteiger partial charge in [-0.2, -0.15) is 0 Å². The topological polar surface area (TPSA) is 90.2 Å². The molecule has 5 nitrogen and oxygen atoms in total. The summed E-state index contributed by atoms with van der Waals surface area (Å²) in [5.74, 6) is 0. The first-order valence-corrected chi connectivity index (χ1v) is 5.04. The van der Waals surface area contributed by atoms with Crippen LogP contribution < -0.4 is 0 Å². The van der Waals surface area contributed by atoms with Gasteiger partial charge in [-0.05, 0) is 0 Å². The third-order valence-corrected chi connectivity index (χ3v) is 2.71. The molecular formula is C6H11IO5.